The zero-order chi connectivity index (χ0) is 27.0. The predicted molar refractivity (Wildman–Crippen MR) is 138 cm³/mol. The molecular formula is C28H35N3O7. The van der Waals surface area contributed by atoms with Gasteiger partial charge in [-0.2, -0.15) is 0 Å². The fourth-order valence-electron chi connectivity index (χ4n) is 7.19. The standard InChI is InChI=1S/C28H35N3O7/c1-6-19(32)29-10-18-21-15(23(33)13(3)26-27(21)38-11-37-26)9-16-22-20-14(7-12(2)25(36-5)24(20)34)8-17(30(22)4)28(35)31(16)18/h7,16-18,22,28,33-35H,6,8-11H2,1-5H3,(H,29,32)/t16?,17-,18-,22-,28-/m0/s1. The number of ether oxygens (including phenoxy) is 3. The van der Waals surface area contributed by atoms with Crippen molar-refractivity contribution in [3.63, 3.8) is 0 Å². The van der Waals surface area contributed by atoms with Gasteiger partial charge in [-0.25, -0.2) is 0 Å². The number of hydrogen-bond donors (Lipinski definition) is 4. The number of amides is 1. The average Bonchev–Trinajstić information content (AvgIpc) is 3.38. The van der Waals surface area contributed by atoms with Gasteiger partial charge in [0.1, 0.15) is 12.0 Å². The molecule has 0 aromatic heterocycles. The van der Waals surface area contributed by atoms with Crippen molar-refractivity contribution >= 4 is 5.91 Å². The Balaban J connectivity index is 1.56. The molecule has 4 N–H and O–H groups in total. The van der Waals surface area contributed by atoms with Crippen molar-refractivity contribution in [2.24, 2.45) is 0 Å². The van der Waals surface area contributed by atoms with Crippen molar-refractivity contribution in [1.29, 1.82) is 0 Å². The Hall–Kier alpha value is -3.21. The highest BCUT2D eigenvalue weighted by molar-refractivity contribution is 5.75. The number of nitrogens with one attached hydrogen (secondary N) is 1. The summed E-state index contributed by atoms with van der Waals surface area (Å²) >= 11 is 0. The summed E-state index contributed by atoms with van der Waals surface area (Å²) in [5.41, 5.74) is 4.67. The van der Waals surface area contributed by atoms with E-state index in [1.165, 1.54) is 0 Å². The van der Waals surface area contributed by atoms with Crippen molar-refractivity contribution in [3.8, 4) is 28.7 Å². The number of aliphatic hydroxyl groups is 1. The number of carbonyl (C=O) groups excluding carboxylic acids is 1. The van der Waals surface area contributed by atoms with Crippen molar-refractivity contribution in [2.45, 2.75) is 70.4 Å². The second-order valence-electron chi connectivity index (χ2n) is 10.8. The Morgan fingerprint density at radius 1 is 1.13 bits per heavy atom. The molecule has 1 saturated heterocycles. The number of aliphatic hydroxyl groups excluding tert-OH is 1. The van der Waals surface area contributed by atoms with Crippen molar-refractivity contribution < 1.29 is 34.3 Å². The predicted octanol–water partition coefficient (Wildman–Crippen LogP) is 2.18. The zero-order valence-electron chi connectivity index (χ0n) is 22.4. The van der Waals surface area contributed by atoms with Gasteiger partial charge in [-0.3, -0.25) is 14.6 Å². The Bertz CT molecular complexity index is 1330. The van der Waals surface area contributed by atoms with Gasteiger partial charge in [0.2, 0.25) is 12.7 Å². The third kappa shape index (κ3) is 3.33. The van der Waals surface area contributed by atoms with Crippen LogP contribution < -0.4 is 19.5 Å². The average molecular weight is 526 g/mol. The number of phenolic OH excluding ortho intramolecular Hbond substituents is 2. The van der Waals surface area contributed by atoms with Crippen LogP contribution in [0.1, 0.15) is 58.8 Å². The number of rotatable bonds is 4. The largest absolute Gasteiger partial charge is 0.507 e. The summed E-state index contributed by atoms with van der Waals surface area (Å²) < 4.78 is 17.2. The second kappa shape index (κ2) is 8.93. The van der Waals surface area contributed by atoms with Gasteiger partial charge in [-0.1, -0.05) is 13.0 Å². The highest BCUT2D eigenvalue weighted by Gasteiger charge is 2.56. The first kappa shape index (κ1) is 25.1. The number of nitrogens with zero attached hydrogens (tertiary/aromatic N) is 2. The van der Waals surface area contributed by atoms with E-state index in [1.54, 1.807) is 21.0 Å². The Labute approximate surface area is 221 Å². The summed E-state index contributed by atoms with van der Waals surface area (Å²) in [6.07, 6.45) is 0.418. The third-order valence-corrected chi connectivity index (χ3v) is 8.94. The molecule has 0 spiro atoms. The molecule has 6 rings (SSSR count). The Kier molecular flexibility index (Phi) is 5.89. The number of piperazine rings is 1. The number of likely N-dealkylation sites (N-methyl/N-ethyl adjacent to an activating group) is 1. The number of aryl methyl sites for hydroxylation is 1. The van der Waals surface area contributed by atoms with Crippen LogP contribution in [0.4, 0.5) is 0 Å². The lowest BCUT2D eigenvalue weighted by atomic mass is 9.73. The fraction of sp³-hybridized carbons (Fsp3) is 0.536. The molecule has 1 amide bonds. The molecule has 10 heteroatoms. The zero-order valence-corrected chi connectivity index (χ0v) is 22.4. The molecule has 1 unspecified atom stereocenters. The molecule has 0 aliphatic carbocycles. The molecule has 0 radical (unpaired) electrons. The molecule has 4 aliphatic heterocycles. The van der Waals surface area contributed by atoms with Gasteiger partial charge in [0.05, 0.1) is 25.2 Å². The minimum Gasteiger partial charge on any atom is -0.507 e. The molecular weight excluding hydrogens is 490 g/mol. The van der Waals surface area contributed by atoms with Crippen LogP contribution in [0.25, 0.3) is 0 Å². The number of benzene rings is 2. The number of hydrogen-bond acceptors (Lipinski definition) is 9. The van der Waals surface area contributed by atoms with Gasteiger partial charge < -0.3 is 34.8 Å². The molecule has 2 aromatic carbocycles. The molecule has 2 aromatic rings. The lowest BCUT2D eigenvalue weighted by molar-refractivity contribution is -0.172. The van der Waals surface area contributed by atoms with E-state index in [1.807, 2.05) is 24.9 Å². The molecule has 0 saturated carbocycles. The van der Waals surface area contributed by atoms with Gasteiger partial charge >= 0.3 is 0 Å². The van der Waals surface area contributed by atoms with Crippen molar-refractivity contribution in [2.75, 3.05) is 27.5 Å². The summed E-state index contributed by atoms with van der Waals surface area (Å²) in [5, 5.41) is 37.7. The normalized spacial score (nSPS) is 27.4. The molecule has 4 heterocycles. The lowest BCUT2D eigenvalue weighted by Gasteiger charge is -2.60. The van der Waals surface area contributed by atoms with Gasteiger partial charge in [0.25, 0.3) is 0 Å². The van der Waals surface area contributed by atoms with Crippen molar-refractivity contribution in [3.05, 3.63) is 39.4 Å². The number of methoxy groups -OCH3 is 1. The summed E-state index contributed by atoms with van der Waals surface area (Å²) in [6.45, 7) is 5.77. The fourth-order valence-corrected chi connectivity index (χ4v) is 7.19. The smallest absolute Gasteiger partial charge is 0.231 e. The van der Waals surface area contributed by atoms with Crippen LogP contribution in [0.5, 0.6) is 28.7 Å². The van der Waals surface area contributed by atoms with Crippen LogP contribution >= 0.6 is 0 Å². The minimum atomic E-state index is -0.864. The highest BCUT2D eigenvalue weighted by Crippen LogP contribution is 2.57. The van der Waals surface area contributed by atoms with Gasteiger partial charge in [0.15, 0.2) is 23.0 Å². The molecule has 204 valence electrons. The lowest BCUT2D eigenvalue weighted by Crippen LogP contribution is -2.69. The van der Waals surface area contributed by atoms with Crippen LogP contribution in [-0.2, 0) is 17.6 Å². The van der Waals surface area contributed by atoms with E-state index in [9.17, 15) is 20.1 Å². The van der Waals surface area contributed by atoms with Crippen LogP contribution in [0, 0.1) is 13.8 Å². The van der Waals surface area contributed by atoms with Gasteiger partial charge in [-0.15, -0.1) is 0 Å². The molecule has 4 aliphatic rings. The summed E-state index contributed by atoms with van der Waals surface area (Å²) in [6, 6.07) is 0.713. The third-order valence-electron chi connectivity index (χ3n) is 8.94. The number of phenols is 2. The quantitative estimate of drug-likeness (QED) is 0.476. The maximum absolute atomic E-state index is 12.4. The van der Waals surface area contributed by atoms with Crippen LogP contribution in [0.2, 0.25) is 0 Å². The highest BCUT2D eigenvalue weighted by atomic mass is 16.7. The van der Waals surface area contributed by atoms with E-state index in [-0.39, 0.29) is 48.9 Å². The molecule has 2 bridgehead atoms. The van der Waals surface area contributed by atoms with E-state index >= 15 is 0 Å². The van der Waals surface area contributed by atoms with E-state index in [0.29, 0.717) is 47.6 Å². The van der Waals surface area contributed by atoms with Crippen LogP contribution in [-0.4, -0.2) is 76.8 Å². The first-order valence-electron chi connectivity index (χ1n) is 13.2. The summed E-state index contributed by atoms with van der Waals surface area (Å²) in [7, 11) is 3.52. The first-order chi connectivity index (χ1) is 18.2. The molecule has 10 nitrogen and oxygen atoms in total. The summed E-state index contributed by atoms with van der Waals surface area (Å²) in [4.78, 5) is 16.5. The van der Waals surface area contributed by atoms with E-state index in [4.69, 9.17) is 14.2 Å². The Morgan fingerprint density at radius 3 is 2.58 bits per heavy atom. The monoisotopic (exact) mass is 525 g/mol. The minimum absolute atomic E-state index is 0.0421. The van der Waals surface area contributed by atoms with E-state index in [2.05, 4.69) is 10.2 Å². The SMILES string of the molecule is CCC(=O)NC[C@H]1c2c(c(O)c(C)c3c2OCO3)CC2[C@H]3c4c(cc(C)c(OC)c4O)C[C@@H]([C@H](O)N21)N3C. The molecule has 38 heavy (non-hydrogen) atoms. The van der Waals surface area contributed by atoms with Gasteiger partial charge in [-0.05, 0) is 44.9 Å². The van der Waals surface area contributed by atoms with Crippen molar-refractivity contribution in [1.82, 2.24) is 15.1 Å². The molecule has 5 atom stereocenters. The maximum atomic E-state index is 12.4. The van der Waals surface area contributed by atoms with Crippen LogP contribution in [0.15, 0.2) is 6.07 Å². The Morgan fingerprint density at radius 2 is 1.87 bits per heavy atom. The number of aromatic hydroxyl groups is 2. The molecule has 1 fully saturated rings. The topological polar surface area (TPSA) is 124 Å². The second-order valence-corrected chi connectivity index (χ2v) is 10.8. The van der Waals surface area contributed by atoms with E-state index < -0.39 is 12.3 Å². The summed E-state index contributed by atoms with van der Waals surface area (Å²) in [5.74, 6) is 1.64. The number of fused-ring (bicyclic) bond motifs is 9. The van der Waals surface area contributed by atoms with Gasteiger partial charge in [0, 0.05) is 41.3 Å². The first-order valence-corrected chi connectivity index (χ1v) is 13.2. The number of carbonyl (C=O) groups is 1. The van der Waals surface area contributed by atoms with Crippen LogP contribution in [0.3, 0.4) is 0 Å². The van der Waals surface area contributed by atoms with E-state index in [0.717, 1.165) is 22.3 Å². The maximum Gasteiger partial charge on any atom is 0.231 e.